The molecule has 0 aromatic heterocycles. The van der Waals surface area contributed by atoms with Gasteiger partial charge in [-0.3, -0.25) is 0 Å². The minimum Gasteiger partial charge on any atom is -0.342 e. The Bertz CT molecular complexity index is 600. The van der Waals surface area contributed by atoms with Gasteiger partial charge in [0.15, 0.2) is 6.29 Å². The van der Waals surface area contributed by atoms with Crippen LogP contribution in [0.15, 0.2) is 60.3 Å². The number of allylic oxidation sites excluding steroid dienone is 6. The van der Waals surface area contributed by atoms with Gasteiger partial charge in [-0.1, -0.05) is 54.0 Å². The van der Waals surface area contributed by atoms with Crippen LogP contribution in [-0.2, 0) is 9.47 Å². The van der Waals surface area contributed by atoms with Crippen LogP contribution >= 0.6 is 0 Å². The van der Waals surface area contributed by atoms with Crippen molar-refractivity contribution in [3.8, 4) is 0 Å². The summed E-state index contributed by atoms with van der Waals surface area (Å²) in [6, 6.07) is 0. The zero-order valence-electron chi connectivity index (χ0n) is 22.7. The lowest BCUT2D eigenvalue weighted by Crippen LogP contribution is -2.40. The summed E-state index contributed by atoms with van der Waals surface area (Å²) in [7, 11) is 0. The van der Waals surface area contributed by atoms with Crippen LogP contribution in [0.3, 0.4) is 0 Å². The van der Waals surface area contributed by atoms with Crippen molar-refractivity contribution in [3.05, 3.63) is 60.3 Å². The Morgan fingerprint density at radius 2 is 1.09 bits per heavy atom. The maximum Gasteiger partial charge on any atom is 0.160 e. The van der Waals surface area contributed by atoms with E-state index >= 15 is 0 Å². The molecular formula is C30H52O2. The van der Waals surface area contributed by atoms with E-state index in [1.807, 2.05) is 12.2 Å². The van der Waals surface area contributed by atoms with Crippen LogP contribution in [0.25, 0.3) is 0 Å². The molecule has 0 spiro atoms. The number of rotatable bonds is 17. The number of hydrogen-bond donors (Lipinski definition) is 0. The summed E-state index contributed by atoms with van der Waals surface area (Å²) < 4.78 is 13.3. The highest BCUT2D eigenvalue weighted by molar-refractivity contribution is 5.01. The van der Waals surface area contributed by atoms with Crippen LogP contribution in [-0.4, -0.2) is 17.5 Å². The minimum absolute atomic E-state index is 0.305. The van der Waals surface area contributed by atoms with Crippen LogP contribution in [0.1, 0.15) is 107 Å². The molecule has 0 aliphatic rings. The SMILES string of the molecule is C=C[C@@](C)(CCC=C(C)C)OC(C[C@H](C)CCC=C(C)C)O[C@@](C)(C=C)CCC=C(C)C. The van der Waals surface area contributed by atoms with Crippen LogP contribution in [0, 0.1) is 5.92 Å². The Balaban J connectivity index is 5.48. The van der Waals surface area contributed by atoms with Crippen LogP contribution in [0.2, 0.25) is 0 Å². The normalized spacial score (nSPS) is 15.8. The zero-order valence-corrected chi connectivity index (χ0v) is 22.7. The second-order valence-electron chi connectivity index (χ2n) is 10.5. The monoisotopic (exact) mass is 444 g/mol. The van der Waals surface area contributed by atoms with E-state index in [-0.39, 0.29) is 6.29 Å². The summed E-state index contributed by atoms with van der Waals surface area (Å²) in [4.78, 5) is 0. The first-order valence-electron chi connectivity index (χ1n) is 12.4. The lowest BCUT2D eigenvalue weighted by Gasteiger charge is -2.37. The fourth-order valence-corrected chi connectivity index (χ4v) is 3.54. The average Bonchev–Trinajstić information content (AvgIpc) is 2.66. The van der Waals surface area contributed by atoms with Gasteiger partial charge in [0.1, 0.15) is 0 Å². The molecule has 2 heteroatoms. The highest BCUT2D eigenvalue weighted by Gasteiger charge is 2.32. The maximum atomic E-state index is 6.64. The average molecular weight is 445 g/mol. The first kappa shape index (κ1) is 30.6. The molecule has 32 heavy (non-hydrogen) atoms. The molecule has 0 aromatic carbocycles. The predicted molar refractivity (Wildman–Crippen MR) is 143 cm³/mol. The summed E-state index contributed by atoms with van der Waals surface area (Å²) in [6.07, 6.45) is 17.2. The Morgan fingerprint density at radius 3 is 1.44 bits per heavy atom. The Hall–Kier alpha value is -1.38. The van der Waals surface area contributed by atoms with Crippen molar-refractivity contribution in [2.75, 3.05) is 0 Å². The second-order valence-corrected chi connectivity index (χ2v) is 10.5. The van der Waals surface area contributed by atoms with Gasteiger partial charge in [-0.05, 0) is 99.8 Å². The molecule has 3 atom stereocenters. The fraction of sp³-hybridized carbons (Fsp3) is 0.667. The lowest BCUT2D eigenvalue weighted by molar-refractivity contribution is -0.235. The Labute approximate surface area is 200 Å². The van der Waals surface area contributed by atoms with Crippen LogP contribution < -0.4 is 0 Å². The van der Waals surface area contributed by atoms with Gasteiger partial charge in [0.25, 0.3) is 0 Å². The van der Waals surface area contributed by atoms with Crippen LogP contribution in [0.4, 0.5) is 0 Å². The first-order chi connectivity index (χ1) is 14.8. The van der Waals surface area contributed by atoms with Crippen molar-refractivity contribution in [3.63, 3.8) is 0 Å². The zero-order chi connectivity index (χ0) is 24.8. The molecule has 0 saturated heterocycles. The molecule has 0 aliphatic carbocycles. The molecule has 184 valence electrons. The molecule has 0 rings (SSSR count). The third-order valence-corrected chi connectivity index (χ3v) is 5.86. The van der Waals surface area contributed by atoms with Crippen molar-refractivity contribution in [1.29, 1.82) is 0 Å². The Morgan fingerprint density at radius 1 is 0.719 bits per heavy atom. The van der Waals surface area contributed by atoms with Crippen molar-refractivity contribution < 1.29 is 9.47 Å². The molecule has 0 saturated carbocycles. The summed E-state index contributed by atoms with van der Waals surface area (Å²) in [5, 5.41) is 0. The highest BCUT2D eigenvalue weighted by Crippen LogP contribution is 2.31. The molecule has 0 aliphatic heterocycles. The van der Waals surface area contributed by atoms with E-state index in [1.54, 1.807) is 0 Å². The van der Waals surface area contributed by atoms with E-state index in [4.69, 9.17) is 9.47 Å². The Kier molecular flexibility index (Phi) is 14.8. The third-order valence-electron chi connectivity index (χ3n) is 5.86. The quantitative estimate of drug-likeness (QED) is 0.164. The van der Waals surface area contributed by atoms with Gasteiger partial charge in [0.2, 0.25) is 0 Å². The number of ether oxygens (including phenoxy) is 2. The van der Waals surface area contributed by atoms with Gasteiger partial charge in [-0.2, -0.15) is 0 Å². The van der Waals surface area contributed by atoms with E-state index in [1.165, 1.54) is 16.7 Å². The van der Waals surface area contributed by atoms with Gasteiger partial charge >= 0.3 is 0 Å². The van der Waals surface area contributed by atoms with Crippen LogP contribution in [0.5, 0.6) is 0 Å². The molecule has 0 N–H and O–H groups in total. The highest BCUT2D eigenvalue weighted by atomic mass is 16.7. The van der Waals surface area contributed by atoms with Crippen molar-refractivity contribution in [1.82, 2.24) is 0 Å². The van der Waals surface area contributed by atoms with E-state index in [0.29, 0.717) is 5.92 Å². The largest absolute Gasteiger partial charge is 0.342 e. The van der Waals surface area contributed by atoms with Gasteiger partial charge in [-0.15, -0.1) is 13.2 Å². The topological polar surface area (TPSA) is 18.5 Å². The van der Waals surface area contributed by atoms with E-state index in [2.05, 4.69) is 93.7 Å². The van der Waals surface area contributed by atoms with E-state index in [0.717, 1.165) is 44.9 Å². The van der Waals surface area contributed by atoms with E-state index in [9.17, 15) is 0 Å². The second kappa shape index (κ2) is 15.5. The molecule has 0 radical (unpaired) electrons. The molecule has 0 heterocycles. The van der Waals surface area contributed by atoms with Crippen molar-refractivity contribution >= 4 is 0 Å². The predicted octanol–water partition coefficient (Wildman–Crippen LogP) is 9.50. The van der Waals surface area contributed by atoms with Gasteiger partial charge in [0, 0.05) is 6.42 Å². The minimum atomic E-state index is -0.432. The maximum absolute atomic E-state index is 6.64. The molecule has 0 unspecified atom stereocenters. The van der Waals surface area contributed by atoms with Gasteiger partial charge in [-0.25, -0.2) is 0 Å². The summed E-state index contributed by atoms with van der Waals surface area (Å²) in [5.41, 5.74) is 3.17. The molecule has 2 nitrogen and oxygen atoms in total. The summed E-state index contributed by atoms with van der Waals surface area (Å²) in [6.45, 7) is 27.5. The lowest BCUT2D eigenvalue weighted by atomic mass is 9.96. The van der Waals surface area contributed by atoms with Crippen molar-refractivity contribution in [2.45, 2.75) is 125 Å². The molecule has 0 aromatic rings. The standard InChI is InChI=1S/C30H52O2/c1-12-29(10,21-15-18-25(5)6)31-28(23-27(9)20-14-17-24(3)4)32-30(11,13-2)22-16-19-26(7)8/h12-13,17-19,27-28H,1-2,14-16,20-23H2,3-11H3/t27-,29+,30+/m1/s1. The smallest absolute Gasteiger partial charge is 0.160 e. The molecule has 0 amide bonds. The molecule has 0 bridgehead atoms. The summed E-state index contributed by atoms with van der Waals surface area (Å²) in [5.74, 6) is 0.495. The summed E-state index contributed by atoms with van der Waals surface area (Å²) >= 11 is 0. The van der Waals surface area contributed by atoms with E-state index < -0.39 is 11.2 Å². The number of hydrogen-bond acceptors (Lipinski definition) is 2. The van der Waals surface area contributed by atoms with Crippen molar-refractivity contribution in [2.24, 2.45) is 5.92 Å². The fourth-order valence-electron chi connectivity index (χ4n) is 3.54. The molecule has 0 fully saturated rings. The first-order valence-corrected chi connectivity index (χ1v) is 12.4. The van der Waals surface area contributed by atoms with Gasteiger partial charge < -0.3 is 9.47 Å². The van der Waals surface area contributed by atoms with Gasteiger partial charge in [0.05, 0.1) is 11.2 Å². The molecular weight excluding hydrogens is 392 g/mol. The third kappa shape index (κ3) is 14.6.